The largest absolute Gasteiger partial charge is 0.314 e. The fraction of sp³-hybridized carbons (Fsp3) is 0.647. The Kier molecular flexibility index (Phi) is 6.34. The maximum Gasteiger partial charge on any atom is 0.0409 e. The number of unbranched alkanes of at least 4 members (excludes halogenated alkanes) is 2. The molecule has 1 aliphatic rings. The summed E-state index contributed by atoms with van der Waals surface area (Å²) < 4.78 is 0. The molecule has 0 aliphatic heterocycles. The van der Waals surface area contributed by atoms with Crippen molar-refractivity contribution in [2.75, 3.05) is 20.1 Å². The van der Waals surface area contributed by atoms with Crippen LogP contribution in [0.25, 0.3) is 0 Å². The summed E-state index contributed by atoms with van der Waals surface area (Å²) in [5.41, 5.74) is 1.30. The molecule has 0 aromatic heterocycles. The van der Waals surface area contributed by atoms with E-state index in [1.54, 1.807) is 0 Å². The standard InChI is InChI=1S/C17H27ClN2/c1-14(15-7-6-8-16(18)13-15)20(2)12-5-3-4-11-19-17-9-10-17/h6-8,13-14,17,19H,3-5,9-12H2,1-2H3. The zero-order valence-electron chi connectivity index (χ0n) is 12.7. The summed E-state index contributed by atoms with van der Waals surface area (Å²) in [6.07, 6.45) is 6.66. The average molecular weight is 295 g/mol. The van der Waals surface area contributed by atoms with Crippen LogP contribution in [0.2, 0.25) is 5.02 Å². The van der Waals surface area contributed by atoms with Gasteiger partial charge in [-0.1, -0.05) is 30.2 Å². The van der Waals surface area contributed by atoms with Gasteiger partial charge >= 0.3 is 0 Å². The molecule has 2 rings (SSSR count). The van der Waals surface area contributed by atoms with Crippen molar-refractivity contribution in [1.82, 2.24) is 10.2 Å². The summed E-state index contributed by atoms with van der Waals surface area (Å²) in [6, 6.07) is 9.48. The third kappa shape index (κ3) is 5.43. The molecule has 0 saturated heterocycles. The van der Waals surface area contributed by atoms with E-state index >= 15 is 0 Å². The van der Waals surface area contributed by atoms with Crippen LogP contribution in [0.15, 0.2) is 24.3 Å². The molecule has 1 unspecified atom stereocenters. The molecule has 1 aromatic carbocycles. The first-order valence-electron chi connectivity index (χ1n) is 7.86. The predicted molar refractivity (Wildman–Crippen MR) is 87.4 cm³/mol. The Bertz CT molecular complexity index is 404. The van der Waals surface area contributed by atoms with Crippen LogP contribution in [0.3, 0.4) is 0 Å². The van der Waals surface area contributed by atoms with Gasteiger partial charge in [0.15, 0.2) is 0 Å². The fourth-order valence-corrected chi connectivity index (χ4v) is 2.67. The highest BCUT2D eigenvalue weighted by atomic mass is 35.5. The monoisotopic (exact) mass is 294 g/mol. The zero-order valence-corrected chi connectivity index (χ0v) is 13.5. The quantitative estimate of drug-likeness (QED) is 0.685. The Hall–Kier alpha value is -0.570. The van der Waals surface area contributed by atoms with Gasteiger partial charge in [0.25, 0.3) is 0 Å². The summed E-state index contributed by atoms with van der Waals surface area (Å²) in [6.45, 7) is 4.59. The molecular weight excluding hydrogens is 268 g/mol. The van der Waals surface area contributed by atoms with Crippen LogP contribution in [0.1, 0.15) is 50.6 Å². The van der Waals surface area contributed by atoms with E-state index in [0.29, 0.717) is 6.04 Å². The van der Waals surface area contributed by atoms with Gasteiger partial charge in [-0.3, -0.25) is 4.90 Å². The van der Waals surface area contributed by atoms with Crippen molar-refractivity contribution < 1.29 is 0 Å². The minimum atomic E-state index is 0.429. The molecule has 20 heavy (non-hydrogen) atoms. The van der Waals surface area contributed by atoms with Crippen LogP contribution >= 0.6 is 11.6 Å². The molecule has 0 spiro atoms. The van der Waals surface area contributed by atoms with E-state index in [-0.39, 0.29) is 0 Å². The van der Waals surface area contributed by atoms with E-state index in [1.807, 2.05) is 12.1 Å². The van der Waals surface area contributed by atoms with Crippen molar-refractivity contribution in [3.05, 3.63) is 34.9 Å². The van der Waals surface area contributed by atoms with Gasteiger partial charge in [-0.05, 0) is 70.4 Å². The number of rotatable bonds is 9. The van der Waals surface area contributed by atoms with Gasteiger partial charge in [-0.15, -0.1) is 0 Å². The first kappa shape index (κ1) is 15.8. The second kappa shape index (κ2) is 8.02. The Balaban J connectivity index is 1.61. The van der Waals surface area contributed by atoms with Crippen molar-refractivity contribution in [3.8, 4) is 0 Å². The molecule has 1 aliphatic carbocycles. The van der Waals surface area contributed by atoms with Crippen molar-refractivity contribution in [3.63, 3.8) is 0 Å². The summed E-state index contributed by atoms with van der Waals surface area (Å²) in [5, 5.41) is 4.40. The Morgan fingerprint density at radius 1 is 1.30 bits per heavy atom. The van der Waals surface area contributed by atoms with Gasteiger partial charge in [0.05, 0.1) is 0 Å². The lowest BCUT2D eigenvalue weighted by Gasteiger charge is -2.25. The molecule has 3 heteroatoms. The Labute approximate surface area is 128 Å². The molecule has 0 radical (unpaired) electrons. The molecule has 0 heterocycles. The maximum absolute atomic E-state index is 6.06. The molecule has 1 saturated carbocycles. The predicted octanol–water partition coefficient (Wildman–Crippen LogP) is 4.26. The molecule has 0 bridgehead atoms. The maximum atomic E-state index is 6.06. The molecule has 1 atom stereocenters. The van der Waals surface area contributed by atoms with Gasteiger partial charge in [-0.25, -0.2) is 0 Å². The molecular formula is C17H27ClN2. The molecule has 0 amide bonds. The third-order valence-corrected chi connectivity index (χ3v) is 4.43. The van der Waals surface area contributed by atoms with E-state index in [9.17, 15) is 0 Å². The number of benzene rings is 1. The second-order valence-corrected chi connectivity index (χ2v) is 6.44. The molecule has 1 N–H and O–H groups in total. The van der Waals surface area contributed by atoms with Gasteiger partial charge in [0.1, 0.15) is 0 Å². The number of nitrogens with zero attached hydrogens (tertiary/aromatic N) is 1. The van der Waals surface area contributed by atoms with Crippen molar-refractivity contribution in [1.29, 1.82) is 0 Å². The van der Waals surface area contributed by atoms with Crippen molar-refractivity contribution >= 4 is 11.6 Å². The minimum absolute atomic E-state index is 0.429. The Morgan fingerprint density at radius 3 is 2.80 bits per heavy atom. The molecule has 1 fully saturated rings. The van der Waals surface area contributed by atoms with E-state index in [0.717, 1.165) is 17.6 Å². The minimum Gasteiger partial charge on any atom is -0.314 e. The third-order valence-electron chi connectivity index (χ3n) is 4.19. The summed E-state index contributed by atoms with van der Waals surface area (Å²) in [4.78, 5) is 2.42. The van der Waals surface area contributed by atoms with Crippen LogP contribution < -0.4 is 5.32 Å². The van der Waals surface area contributed by atoms with Crippen LogP contribution in [0.5, 0.6) is 0 Å². The highest BCUT2D eigenvalue weighted by Crippen LogP contribution is 2.22. The van der Waals surface area contributed by atoms with E-state index in [2.05, 4.69) is 36.3 Å². The van der Waals surface area contributed by atoms with Crippen LogP contribution in [-0.4, -0.2) is 31.1 Å². The highest BCUT2D eigenvalue weighted by molar-refractivity contribution is 6.30. The topological polar surface area (TPSA) is 15.3 Å². The highest BCUT2D eigenvalue weighted by Gasteiger charge is 2.19. The van der Waals surface area contributed by atoms with E-state index in [4.69, 9.17) is 11.6 Å². The zero-order chi connectivity index (χ0) is 14.4. The normalized spacial score (nSPS) is 16.6. The lowest BCUT2D eigenvalue weighted by Crippen LogP contribution is -2.24. The summed E-state index contributed by atoms with van der Waals surface area (Å²) in [7, 11) is 2.20. The number of hydrogen-bond acceptors (Lipinski definition) is 2. The molecule has 1 aromatic rings. The first-order chi connectivity index (χ1) is 9.66. The summed E-state index contributed by atoms with van der Waals surface area (Å²) >= 11 is 6.06. The number of nitrogens with one attached hydrogen (secondary N) is 1. The summed E-state index contributed by atoms with van der Waals surface area (Å²) in [5.74, 6) is 0. The van der Waals surface area contributed by atoms with Gasteiger partial charge in [0.2, 0.25) is 0 Å². The van der Waals surface area contributed by atoms with E-state index < -0.39 is 0 Å². The fourth-order valence-electron chi connectivity index (χ4n) is 2.47. The Morgan fingerprint density at radius 2 is 2.10 bits per heavy atom. The lowest BCUT2D eigenvalue weighted by molar-refractivity contribution is 0.255. The average Bonchev–Trinajstić information content (AvgIpc) is 3.25. The van der Waals surface area contributed by atoms with Crippen molar-refractivity contribution in [2.24, 2.45) is 0 Å². The second-order valence-electron chi connectivity index (χ2n) is 6.00. The van der Waals surface area contributed by atoms with Crippen LogP contribution in [0.4, 0.5) is 0 Å². The number of halogens is 1. The van der Waals surface area contributed by atoms with Crippen LogP contribution in [0, 0.1) is 0 Å². The van der Waals surface area contributed by atoms with Crippen molar-refractivity contribution in [2.45, 2.75) is 51.1 Å². The molecule has 112 valence electrons. The number of hydrogen-bond donors (Lipinski definition) is 1. The van der Waals surface area contributed by atoms with Gasteiger partial charge < -0.3 is 5.32 Å². The lowest BCUT2D eigenvalue weighted by atomic mass is 10.1. The smallest absolute Gasteiger partial charge is 0.0409 e. The van der Waals surface area contributed by atoms with Gasteiger partial charge in [0, 0.05) is 17.1 Å². The first-order valence-corrected chi connectivity index (χ1v) is 8.23. The SMILES string of the molecule is CC(c1cccc(Cl)c1)N(C)CCCCCNC1CC1. The molecule has 2 nitrogen and oxygen atoms in total. The van der Waals surface area contributed by atoms with Gasteiger partial charge in [-0.2, -0.15) is 0 Å². The van der Waals surface area contributed by atoms with Crippen LogP contribution in [-0.2, 0) is 0 Å². The van der Waals surface area contributed by atoms with E-state index in [1.165, 1.54) is 44.2 Å².